The van der Waals surface area contributed by atoms with E-state index in [4.69, 9.17) is 0 Å². The molecule has 16 heavy (non-hydrogen) atoms. The van der Waals surface area contributed by atoms with Gasteiger partial charge in [0.05, 0.1) is 0 Å². The van der Waals surface area contributed by atoms with Crippen LogP contribution in [0.25, 0.3) is 0 Å². The largest absolute Gasteiger partial charge is 0.353 e. The van der Waals surface area contributed by atoms with E-state index in [1.807, 2.05) is 0 Å². The third-order valence-electron chi connectivity index (χ3n) is 3.80. The van der Waals surface area contributed by atoms with Gasteiger partial charge < -0.3 is 5.32 Å². The second-order valence-corrected chi connectivity index (χ2v) is 6.36. The number of nitrogens with one attached hydrogen (secondary N) is 1. The number of carbonyl (C=O) groups excluding carboxylic acids is 1. The van der Waals surface area contributed by atoms with Gasteiger partial charge in [0.2, 0.25) is 5.91 Å². The summed E-state index contributed by atoms with van der Waals surface area (Å²) in [7, 11) is 0. The van der Waals surface area contributed by atoms with Crippen molar-refractivity contribution in [3.8, 4) is 0 Å². The Hall–Kier alpha value is -0.0500. The van der Waals surface area contributed by atoms with Crippen LogP contribution in [-0.4, -0.2) is 17.3 Å². The minimum absolute atomic E-state index is 0.0978. The lowest BCUT2D eigenvalue weighted by Crippen LogP contribution is -2.45. The molecular weight excluding hydrogens is 266 g/mol. The number of hydrogen-bond acceptors (Lipinski definition) is 1. The highest BCUT2D eigenvalue weighted by Crippen LogP contribution is 2.37. The monoisotopic (exact) mass is 289 g/mol. The van der Waals surface area contributed by atoms with Crippen molar-refractivity contribution in [2.75, 3.05) is 5.33 Å². The summed E-state index contributed by atoms with van der Waals surface area (Å²) in [4.78, 5) is 12.2. The number of amides is 1. The van der Waals surface area contributed by atoms with Gasteiger partial charge in [-0.15, -0.1) is 0 Å². The highest BCUT2D eigenvalue weighted by Gasteiger charge is 2.37. The van der Waals surface area contributed by atoms with Gasteiger partial charge in [-0.25, -0.2) is 0 Å². The Morgan fingerprint density at radius 1 is 1.38 bits per heavy atom. The van der Waals surface area contributed by atoms with Gasteiger partial charge >= 0.3 is 0 Å². The van der Waals surface area contributed by atoms with Crippen molar-refractivity contribution >= 4 is 21.8 Å². The predicted octanol–water partition coefficient (Wildman–Crippen LogP) is 3.49. The van der Waals surface area contributed by atoms with Crippen LogP contribution in [0.2, 0.25) is 0 Å². The lowest BCUT2D eigenvalue weighted by Gasteiger charge is -2.28. The molecule has 1 atom stereocenters. The second-order valence-electron chi connectivity index (χ2n) is 5.57. The number of hydrogen-bond donors (Lipinski definition) is 1. The first-order valence-corrected chi connectivity index (χ1v) is 7.48. The molecule has 1 amide bonds. The fraction of sp³-hybridized carbons (Fsp3) is 0.923. The molecule has 0 heterocycles. The molecule has 0 aromatic rings. The van der Waals surface area contributed by atoms with Crippen LogP contribution in [0.4, 0.5) is 0 Å². The van der Waals surface area contributed by atoms with Gasteiger partial charge in [-0.05, 0) is 25.2 Å². The molecule has 0 saturated heterocycles. The van der Waals surface area contributed by atoms with Crippen LogP contribution >= 0.6 is 15.9 Å². The molecule has 1 aliphatic rings. The third kappa shape index (κ3) is 3.47. The first-order valence-electron chi connectivity index (χ1n) is 6.36. The highest BCUT2D eigenvalue weighted by molar-refractivity contribution is 9.09. The molecule has 1 saturated carbocycles. The number of halogens is 1. The van der Waals surface area contributed by atoms with Gasteiger partial charge in [0.25, 0.3) is 0 Å². The van der Waals surface area contributed by atoms with Crippen molar-refractivity contribution < 1.29 is 4.79 Å². The van der Waals surface area contributed by atoms with Gasteiger partial charge in [-0.2, -0.15) is 0 Å². The predicted molar refractivity (Wildman–Crippen MR) is 71.8 cm³/mol. The minimum atomic E-state index is -0.0978. The summed E-state index contributed by atoms with van der Waals surface area (Å²) in [6, 6.07) is 0.310. The molecule has 1 fully saturated rings. The molecule has 1 rings (SSSR count). The van der Waals surface area contributed by atoms with Crippen molar-refractivity contribution in [1.29, 1.82) is 0 Å². The summed E-state index contributed by atoms with van der Waals surface area (Å²) in [6.07, 6.45) is 5.53. The van der Waals surface area contributed by atoms with E-state index >= 15 is 0 Å². The number of carbonyl (C=O) groups is 1. The Kier molecular flexibility index (Phi) is 5.29. The van der Waals surface area contributed by atoms with Crippen molar-refractivity contribution in [3.05, 3.63) is 0 Å². The van der Waals surface area contributed by atoms with E-state index in [1.165, 1.54) is 12.8 Å². The normalized spacial score (nSPS) is 21.1. The maximum Gasteiger partial charge on any atom is 0.226 e. The zero-order valence-corrected chi connectivity index (χ0v) is 12.3. The Balaban J connectivity index is 2.53. The first kappa shape index (κ1) is 14.0. The van der Waals surface area contributed by atoms with Crippen LogP contribution in [0.5, 0.6) is 0 Å². The standard InChI is InChI=1S/C13H24BrNO/c1-10(2)11(6-9-14)15-12(16)13(3)7-4-5-8-13/h10-11H,4-9H2,1-3H3,(H,15,16). The van der Waals surface area contributed by atoms with Gasteiger partial charge in [0.1, 0.15) is 0 Å². The summed E-state index contributed by atoms with van der Waals surface area (Å²) in [6.45, 7) is 6.45. The molecule has 0 radical (unpaired) electrons. The van der Waals surface area contributed by atoms with Gasteiger partial charge in [-0.1, -0.05) is 49.5 Å². The lowest BCUT2D eigenvalue weighted by molar-refractivity contribution is -0.131. The van der Waals surface area contributed by atoms with Crippen LogP contribution in [0.1, 0.15) is 52.9 Å². The van der Waals surface area contributed by atoms with Crippen molar-refractivity contribution in [1.82, 2.24) is 5.32 Å². The van der Waals surface area contributed by atoms with E-state index in [0.29, 0.717) is 12.0 Å². The molecule has 1 N–H and O–H groups in total. The molecule has 0 aromatic carbocycles. The Morgan fingerprint density at radius 3 is 2.38 bits per heavy atom. The summed E-state index contributed by atoms with van der Waals surface area (Å²) < 4.78 is 0. The molecule has 1 unspecified atom stereocenters. The Labute approximate surface area is 108 Å². The van der Waals surface area contributed by atoms with Crippen molar-refractivity contribution in [2.45, 2.75) is 58.9 Å². The summed E-state index contributed by atoms with van der Waals surface area (Å²) in [5, 5.41) is 4.18. The van der Waals surface area contributed by atoms with Crippen LogP contribution in [0, 0.1) is 11.3 Å². The summed E-state index contributed by atoms with van der Waals surface area (Å²) >= 11 is 3.45. The number of rotatable bonds is 5. The van der Waals surface area contributed by atoms with Gasteiger partial charge in [0.15, 0.2) is 0 Å². The lowest BCUT2D eigenvalue weighted by atomic mass is 9.87. The van der Waals surface area contributed by atoms with Crippen LogP contribution < -0.4 is 5.32 Å². The van der Waals surface area contributed by atoms with Crippen LogP contribution in [0.3, 0.4) is 0 Å². The van der Waals surface area contributed by atoms with E-state index in [1.54, 1.807) is 0 Å². The fourth-order valence-electron chi connectivity index (χ4n) is 2.41. The molecule has 2 nitrogen and oxygen atoms in total. The Morgan fingerprint density at radius 2 is 1.94 bits per heavy atom. The number of alkyl halides is 1. The molecule has 0 bridgehead atoms. The second kappa shape index (κ2) is 6.04. The van der Waals surface area contributed by atoms with Gasteiger partial charge in [-0.3, -0.25) is 4.79 Å². The average Bonchev–Trinajstić information content (AvgIpc) is 2.65. The topological polar surface area (TPSA) is 29.1 Å². The van der Waals surface area contributed by atoms with E-state index in [2.05, 4.69) is 42.0 Å². The maximum absolute atomic E-state index is 12.2. The zero-order chi connectivity index (χ0) is 12.2. The summed E-state index contributed by atoms with van der Waals surface area (Å²) in [5.74, 6) is 0.774. The van der Waals surface area contributed by atoms with Crippen molar-refractivity contribution in [2.24, 2.45) is 11.3 Å². The quantitative estimate of drug-likeness (QED) is 0.772. The molecule has 0 aromatic heterocycles. The molecule has 0 spiro atoms. The molecule has 3 heteroatoms. The molecule has 1 aliphatic carbocycles. The summed E-state index contributed by atoms with van der Waals surface area (Å²) in [5.41, 5.74) is -0.0978. The van der Waals surface area contributed by atoms with E-state index < -0.39 is 0 Å². The van der Waals surface area contributed by atoms with Crippen molar-refractivity contribution in [3.63, 3.8) is 0 Å². The zero-order valence-electron chi connectivity index (χ0n) is 10.7. The van der Waals surface area contributed by atoms with E-state index in [-0.39, 0.29) is 11.3 Å². The first-order chi connectivity index (χ1) is 7.49. The molecule has 94 valence electrons. The SMILES string of the molecule is CC(C)C(CCBr)NC(=O)C1(C)CCCC1. The fourth-order valence-corrected chi connectivity index (χ4v) is 2.91. The smallest absolute Gasteiger partial charge is 0.226 e. The molecular formula is C13H24BrNO. The third-order valence-corrected chi connectivity index (χ3v) is 4.25. The van der Waals surface area contributed by atoms with Crippen LogP contribution in [-0.2, 0) is 4.79 Å². The van der Waals surface area contributed by atoms with Gasteiger partial charge in [0, 0.05) is 16.8 Å². The van der Waals surface area contributed by atoms with E-state index in [0.717, 1.165) is 24.6 Å². The highest BCUT2D eigenvalue weighted by atomic mass is 79.9. The molecule has 0 aliphatic heterocycles. The maximum atomic E-state index is 12.2. The Bertz CT molecular complexity index is 234. The van der Waals surface area contributed by atoms with Crippen LogP contribution in [0.15, 0.2) is 0 Å². The minimum Gasteiger partial charge on any atom is -0.353 e. The average molecular weight is 290 g/mol. The van der Waals surface area contributed by atoms with E-state index in [9.17, 15) is 4.79 Å².